The third kappa shape index (κ3) is 1.64. The van der Waals surface area contributed by atoms with Crippen molar-refractivity contribution in [2.24, 2.45) is 5.73 Å². The van der Waals surface area contributed by atoms with Gasteiger partial charge < -0.3 is 21.1 Å². The van der Waals surface area contributed by atoms with Crippen LogP contribution in [0.2, 0.25) is 0 Å². The van der Waals surface area contributed by atoms with Crippen molar-refractivity contribution in [1.82, 2.24) is 9.97 Å². The molecule has 0 aliphatic carbocycles. The van der Waals surface area contributed by atoms with Crippen molar-refractivity contribution >= 4 is 28.0 Å². The number of amides is 1. The summed E-state index contributed by atoms with van der Waals surface area (Å²) in [7, 11) is 0. The lowest BCUT2D eigenvalue weighted by Crippen LogP contribution is -2.10. The number of nitrogens with two attached hydrogens (primary N) is 1. The molecule has 3 aromatic rings. The number of fused-ring (bicyclic) bond motifs is 2. The number of benzene rings is 2. The van der Waals surface area contributed by atoms with E-state index in [0.29, 0.717) is 11.0 Å². The summed E-state index contributed by atoms with van der Waals surface area (Å²) in [5.41, 5.74) is 6.51. The Morgan fingerprint density at radius 2 is 1.70 bits per heavy atom. The van der Waals surface area contributed by atoms with Gasteiger partial charge in [-0.25, -0.2) is 9.97 Å². The summed E-state index contributed by atoms with van der Waals surface area (Å²) < 4.78 is 0. The summed E-state index contributed by atoms with van der Waals surface area (Å²) in [6.07, 6.45) is 0. The van der Waals surface area contributed by atoms with E-state index in [2.05, 4.69) is 9.97 Å². The van der Waals surface area contributed by atoms with Gasteiger partial charge >= 0.3 is 0 Å². The largest absolute Gasteiger partial charge is 0.504 e. The van der Waals surface area contributed by atoms with Gasteiger partial charge in [-0.05, 0) is 18.2 Å². The topological polar surface area (TPSA) is 130 Å². The minimum Gasteiger partial charge on any atom is -0.504 e. The number of phenolic OH excluding ortho intramolecular Hbond substituents is 3. The Morgan fingerprint density at radius 1 is 0.950 bits per heavy atom. The summed E-state index contributed by atoms with van der Waals surface area (Å²) >= 11 is 0. The Morgan fingerprint density at radius 3 is 2.40 bits per heavy atom. The van der Waals surface area contributed by atoms with Gasteiger partial charge in [-0.2, -0.15) is 0 Å². The van der Waals surface area contributed by atoms with Gasteiger partial charge in [0.15, 0.2) is 11.5 Å². The first-order valence-electron chi connectivity index (χ1n) is 5.62. The summed E-state index contributed by atoms with van der Waals surface area (Å²) in [6.45, 7) is 0. The lowest BCUT2D eigenvalue weighted by Gasteiger charge is -2.06. The SMILES string of the molecule is NC(=O)c1ccc2nc3c(O)c(O)c(O)cc3nc2c1. The predicted octanol–water partition coefficient (Wildman–Crippen LogP) is 0.999. The minimum atomic E-state index is -0.653. The third-order valence-corrected chi connectivity index (χ3v) is 2.94. The maximum atomic E-state index is 11.1. The molecule has 1 aromatic heterocycles. The lowest BCUT2D eigenvalue weighted by atomic mass is 10.1. The third-order valence-electron chi connectivity index (χ3n) is 2.94. The highest BCUT2D eigenvalue weighted by Crippen LogP contribution is 2.39. The molecule has 0 saturated carbocycles. The number of hydrogen-bond acceptors (Lipinski definition) is 6. The van der Waals surface area contributed by atoms with Gasteiger partial charge in [0.1, 0.15) is 5.52 Å². The Labute approximate surface area is 111 Å². The van der Waals surface area contributed by atoms with Crippen molar-refractivity contribution in [1.29, 1.82) is 0 Å². The van der Waals surface area contributed by atoms with Crippen LogP contribution in [-0.4, -0.2) is 31.2 Å². The highest BCUT2D eigenvalue weighted by Gasteiger charge is 2.15. The van der Waals surface area contributed by atoms with Crippen molar-refractivity contribution < 1.29 is 20.1 Å². The van der Waals surface area contributed by atoms with E-state index in [4.69, 9.17) is 5.73 Å². The van der Waals surface area contributed by atoms with Gasteiger partial charge in [-0.15, -0.1) is 0 Å². The second-order valence-electron chi connectivity index (χ2n) is 4.25. The molecule has 0 atom stereocenters. The van der Waals surface area contributed by atoms with E-state index >= 15 is 0 Å². The molecule has 0 bridgehead atoms. The molecule has 20 heavy (non-hydrogen) atoms. The van der Waals surface area contributed by atoms with Crippen LogP contribution < -0.4 is 5.73 Å². The molecule has 7 heteroatoms. The van der Waals surface area contributed by atoms with Crippen LogP contribution in [0.4, 0.5) is 0 Å². The van der Waals surface area contributed by atoms with Crippen LogP contribution in [0.15, 0.2) is 24.3 Å². The smallest absolute Gasteiger partial charge is 0.248 e. The van der Waals surface area contributed by atoms with Crippen LogP contribution in [0, 0.1) is 0 Å². The van der Waals surface area contributed by atoms with Gasteiger partial charge in [0.05, 0.1) is 16.6 Å². The second-order valence-corrected chi connectivity index (χ2v) is 4.25. The standard InChI is InChI=1S/C13H9N3O4/c14-13(20)5-1-2-6-7(3-5)15-8-4-9(17)11(18)12(19)10(8)16-6/h1-4,17-19H,(H2,14,20). The lowest BCUT2D eigenvalue weighted by molar-refractivity contribution is 0.100. The Bertz CT molecular complexity index is 876. The second kappa shape index (κ2) is 3.95. The minimum absolute atomic E-state index is 0.0552. The van der Waals surface area contributed by atoms with E-state index < -0.39 is 23.2 Å². The maximum absolute atomic E-state index is 11.1. The average molecular weight is 271 g/mol. The molecule has 2 aromatic carbocycles. The fourth-order valence-corrected chi connectivity index (χ4v) is 1.93. The summed E-state index contributed by atoms with van der Waals surface area (Å²) in [5.74, 6) is -2.30. The van der Waals surface area contributed by atoms with E-state index in [1.165, 1.54) is 24.3 Å². The van der Waals surface area contributed by atoms with Crippen molar-refractivity contribution in [3.05, 3.63) is 29.8 Å². The highest BCUT2D eigenvalue weighted by molar-refractivity contribution is 5.98. The van der Waals surface area contributed by atoms with E-state index in [1.807, 2.05) is 0 Å². The van der Waals surface area contributed by atoms with Gasteiger partial charge in [-0.1, -0.05) is 0 Å². The quantitative estimate of drug-likeness (QED) is 0.386. The van der Waals surface area contributed by atoms with Crippen molar-refractivity contribution in [2.75, 3.05) is 0 Å². The first kappa shape index (κ1) is 12.0. The van der Waals surface area contributed by atoms with Crippen LogP contribution in [0.5, 0.6) is 17.2 Å². The van der Waals surface area contributed by atoms with Crippen LogP contribution in [-0.2, 0) is 0 Å². The number of carbonyl (C=O) groups excluding carboxylic acids is 1. The van der Waals surface area contributed by atoms with Gasteiger partial charge in [0, 0.05) is 11.6 Å². The molecule has 0 unspecified atom stereocenters. The molecule has 0 spiro atoms. The van der Waals surface area contributed by atoms with Gasteiger partial charge in [0.2, 0.25) is 11.7 Å². The fraction of sp³-hybridized carbons (Fsp3) is 0. The van der Waals surface area contributed by atoms with Crippen LogP contribution in [0.3, 0.4) is 0 Å². The highest BCUT2D eigenvalue weighted by atomic mass is 16.3. The first-order chi connectivity index (χ1) is 9.47. The molecule has 0 aliphatic heterocycles. The molecular weight excluding hydrogens is 262 g/mol. The molecule has 100 valence electrons. The van der Waals surface area contributed by atoms with E-state index in [-0.39, 0.29) is 16.6 Å². The molecule has 3 rings (SSSR count). The number of aromatic hydroxyl groups is 3. The zero-order valence-corrected chi connectivity index (χ0v) is 10.0. The molecule has 0 radical (unpaired) electrons. The summed E-state index contributed by atoms with van der Waals surface area (Å²) in [5, 5.41) is 28.7. The Kier molecular flexibility index (Phi) is 2.37. The molecule has 5 N–H and O–H groups in total. The molecule has 0 aliphatic rings. The zero-order chi connectivity index (χ0) is 14.4. The van der Waals surface area contributed by atoms with Crippen LogP contribution in [0.25, 0.3) is 22.1 Å². The van der Waals surface area contributed by atoms with E-state index in [9.17, 15) is 20.1 Å². The fourth-order valence-electron chi connectivity index (χ4n) is 1.93. The number of rotatable bonds is 1. The first-order valence-corrected chi connectivity index (χ1v) is 5.62. The maximum Gasteiger partial charge on any atom is 0.248 e. The molecule has 0 fully saturated rings. The van der Waals surface area contributed by atoms with Crippen molar-refractivity contribution in [3.63, 3.8) is 0 Å². The number of nitrogens with zero attached hydrogens (tertiary/aromatic N) is 2. The number of phenols is 3. The molecular formula is C13H9N3O4. The van der Waals surface area contributed by atoms with Crippen LogP contribution >= 0.6 is 0 Å². The van der Waals surface area contributed by atoms with Crippen molar-refractivity contribution in [2.45, 2.75) is 0 Å². The number of carbonyl (C=O) groups is 1. The average Bonchev–Trinajstić information content (AvgIpc) is 2.42. The molecule has 1 heterocycles. The normalized spacial score (nSPS) is 11.0. The van der Waals surface area contributed by atoms with Gasteiger partial charge in [0.25, 0.3) is 0 Å². The zero-order valence-electron chi connectivity index (χ0n) is 10.0. The Hall–Kier alpha value is -3.09. The van der Waals surface area contributed by atoms with Crippen molar-refractivity contribution in [3.8, 4) is 17.2 Å². The summed E-state index contributed by atoms with van der Waals surface area (Å²) in [6, 6.07) is 5.66. The molecule has 0 saturated heterocycles. The number of hydrogen-bond donors (Lipinski definition) is 4. The summed E-state index contributed by atoms with van der Waals surface area (Å²) in [4.78, 5) is 19.4. The monoisotopic (exact) mass is 271 g/mol. The number of primary amides is 1. The van der Waals surface area contributed by atoms with E-state index in [1.54, 1.807) is 0 Å². The number of aromatic nitrogens is 2. The predicted molar refractivity (Wildman–Crippen MR) is 70.6 cm³/mol. The van der Waals surface area contributed by atoms with E-state index in [0.717, 1.165) is 0 Å². The molecule has 1 amide bonds. The molecule has 7 nitrogen and oxygen atoms in total. The van der Waals surface area contributed by atoms with Crippen LogP contribution in [0.1, 0.15) is 10.4 Å². The van der Waals surface area contributed by atoms with Gasteiger partial charge in [-0.3, -0.25) is 4.79 Å². The Balaban J connectivity index is 2.40.